The predicted octanol–water partition coefficient (Wildman–Crippen LogP) is 4.12. The summed E-state index contributed by atoms with van der Waals surface area (Å²) in [7, 11) is 1.66. The van der Waals surface area contributed by atoms with Gasteiger partial charge in [-0.1, -0.05) is 50.0 Å². The topological polar surface area (TPSA) is 72.3 Å². The highest BCUT2D eigenvalue weighted by atomic mass is 32.1. The van der Waals surface area contributed by atoms with Gasteiger partial charge in [-0.15, -0.1) is 0 Å². The van der Waals surface area contributed by atoms with Gasteiger partial charge in [0.2, 0.25) is 5.13 Å². The highest BCUT2D eigenvalue weighted by Gasteiger charge is 2.27. The van der Waals surface area contributed by atoms with Crippen LogP contribution in [-0.4, -0.2) is 58.9 Å². The van der Waals surface area contributed by atoms with E-state index in [-0.39, 0.29) is 5.91 Å². The van der Waals surface area contributed by atoms with Crippen LogP contribution in [0, 0.1) is 6.92 Å². The summed E-state index contributed by atoms with van der Waals surface area (Å²) in [4.78, 5) is 21.2. The lowest BCUT2D eigenvalue weighted by molar-refractivity contribution is 0.0729. The van der Waals surface area contributed by atoms with Gasteiger partial charge in [0.25, 0.3) is 5.91 Å². The zero-order valence-corrected chi connectivity index (χ0v) is 19.8. The molecule has 4 rings (SSSR count). The minimum absolute atomic E-state index is 0.0584. The minimum atomic E-state index is -0.0584. The first kappa shape index (κ1) is 22.2. The van der Waals surface area contributed by atoms with Crippen molar-refractivity contribution in [3.05, 3.63) is 52.7 Å². The summed E-state index contributed by atoms with van der Waals surface area (Å²) in [5, 5.41) is 8.74. The molecule has 3 aromatic rings. The van der Waals surface area contributed by atoms with E-state index in [0.717, 1.165) is 46.5 Å². The van der Waals surface area contributed by atoms with Crippen LogP contribution in [-0.2, 0) is 0 Å². The monoisotopic (exact) mass is 451 g/mol. The zero-order valence-electron chi connectivity index (χ0n) is 19.0. The Balaban J connectivity index is 1.79. The Morgan fingerprint density at radius 2 is 2.06 bits per heavy atom. The van der Waals surface area contributed by atoms with Gasteiger partial charge in [-0.05, 0) is 25.0 Å². The SMILES string of the molecule is C=Cc1c(C(=O)N2CCNCC2)nn(-c2nc(-c3cccc(OC)c3)c(C(C)C)s2)c1C. The number of piperazine rings is 1. The molecule has 0 saturated carbocycles. The third-order valence-electron chi connectivity index (χ3n) is 5.66. The standard InChI is InChI=1S/C24H29N5O2S/c1-6-19-16(4)29(27-21(19)23(30)28-12-10-25-11-13-28)24-26-20(22(32-24)15(2)3)17-8-7-9-18(14-17)31-5/h6-9,14-15,25H,1,10-13H2,2-5H3. The summed E-state index contributed by atoms with van der Waals surface area (Å²) >= 11 is 1.60. The number of hydrogen-bond donors (Lipinski definition) is 1. The Labute approximate surface area is 192 Å². The number of hydrogen-bond acceptors (Lipinski definition) is 6. The first-order chi connectivity index (χ1) is 15.4. The Morgan fingerprint density at radius 1 is 1.31 bits per heavy atom. The second-order valence-electron chi connectivity index (χ2n) is 8.10. The molecule has 0 bridgehead atoms. The summed E-state index contributed by atoms with van der Waals surface area (Å²) in [5.74, 6) is 1.02. The van der Waals surface area contributed by atoms with Gasteiger partial charge in [0.1, 0.15) is 5.75 Å². The van der Waals surface area contributed by atoms with E-state index in [9.17, 15) is 4.79 Å². The molecule has 7 nitrogen and oxygen atoms in total. The number of carbonyl (C=O) groups is 1. The molecular weight excluding hydrogens is 422 g/mol. The number of carbonyl (C=O) groups excluding carboxylic acids is 1. The van der Waals surface area contributed by atoms with Crippen LogP contribution in [0.2, 0.25) is 0 Å². The molecule has 168 valence electrons. The number of amides is 1. The maximum Gasteiger partial charge on any atom is 0.275 e. The Bertz CT molecular complexity index is 1140. The lowest BCUT2D eigenvalue weighted by atomic mass is 10.1. The molecule has 1 N–H and O–H groups in total. The van der Waals surface area contributed by atoms with E-state index in [4.69, 9.17) is 14.8 Å². The molecule has 0 unspecified atom stereocenters. The number of thiazole rings is 1. The van der Waals surface area contributed by atoms with E-state index in [1.54, 1.807) is 29.2 Å². The predicted molar refractivity (Wildman–Crippen MR) is 129 cm³/mol. The van der Waals surface area contributed by atoms with E-state index in [1.807, 2.05) is 36.1 Å². The maximum atomic E-state index is 13.2. The van der Waals surface area contributed by atoms with Crippen LogP contribution in [0.3, 0.4) is 0 Å². The molecule has 1 amide bonds. The van der Waals surface area contributed by atoms with Gasteiger partial charge in [-0.25, -0.2) is 9.67 Å². The second kappa shape index (κ2) is 9.26. The third-order valence-corrected chi connectivity index (χ3v) is 7.00. The van der Waals surface area contributed by atoms with Gasteiger partial charge in [-0.2, -0.15) is 5.10 Å². The van der Waals surface area contributed by atoms with E-state index >= 15 is 0 Å². The fourth-order valence-electron chi connectivity index (χ4n) is 3.90. The van der Waals surface area contributed by atoms with E-state index in [1.165, 1.54) is 4.88 Å². The zero-order chi connectivity index (χ0) is 22.8. The number of nitrogens with zero attached hydrogens (tertiary/aromatic N) is 4. The van der Waals surface area contributed by atoms with Crippen molar-refractivity contribution in [3.8, 4) is 22.1 Å². The second-order valence-corrected chi connectivity index (χ2v) is 9.11. The van der Waals surface area contributed by atoms with Crippen LogP contribution < -0.4 is 10.1 Å². The van der Waals surface area contributed by atoms with Gasteiger partial charge in [0.15, 0.2) is 5.69 Å². The van der Waals surface area contributed by atoms with Gasteiger partial charge in [-0.3, -0.25) is 4.79 Å². The number of benzene rings is 1. The first-order valence-corrected chi connectivity index (χ1v) is 11.6. The van der Waals surface area contributed by atoms with Crippen LogP contribution in [0.15, 0.2) is 30.8 Å². The fraction of sp³-hybridized carbons (Fsp3) is 0.375. The highest BCUT2D eigenvalue weighted by Crippen LogP contribution is 2.37. The van der Waals surface area contributed by atoms with Gasteiger partial charge < -0.3 is 15.0 Å². The third kappa shape index (κ3) is 4.08. The average Bonchev–Trinajstić information content (AvgIpc) is 3.40. The van der Waals surface area contributed by atoms with Crippen molar-refractivity contribution in [1.29, 1.82) is 0 Å². The number of nitrogens with one attached hydrogen (secondary N) is 1. The van der Waals surface area contributed by atoms with Crippen molar-refractivity contribution in [2.24, 2.45) is 0 Å². The van der Waals surface area contributed by atoms with Crippen molar-refractivity contribution >= 4 is 23.3 Å². The van der Waals surface area contributed by atoms with Gasteiger partial charge in [0, 0.05) is 42.2 Å². The summed E-state index contributed by atoms with van der Waals surface area (Å²) in [6.45, 7) is 13.2. The highest BCUT2D eigenvalue weighted by molar-refractivity contribution is 7.14. The lowest BCUT2D eigenvalue weighted by Crippen LogP contribution is -2.46. The van der Waals surface area contributed by atoms with Crippen molar-refractivity contribution < 1.29 is 9.53 Å². The Morgan fingerprint density at radius 3 is 2.72 bits per heavy atom. The molecular formula is C24H29N5O2S. The molecule has 3 heterocycles. The molecule has 1 aliphatic rings. The molecule has 0 aliphatic carbocycles. The van der Waals surface area contributed by atoms with Gasteiger partial charge in [0.05, 0.1) is 18.5 Å². The molecule has 1 aliphatic heterocycles. The van der Waals surface area contributed by atoms with Crippen molar-refractivity contribution in [3.63, 3.8) is 0 Å². The number of rotatable bonds is 6. The molecule has 2 aromatic heterocycles. The summed E-state index contributed by atoms with van der Waals surface area (Å²) < 4.78 is 7.19. The van der Waals surface area contributed by atoms with Crippen molar-refractivity contribution in [2.45, 2.75) is 26.7 Å². The number of aromatic nitrogens is 3. The summed E-state index contributed by atoms with van der Waals surface area (Å²) in [6.07, 6.45) is 1.72. The molecule has 1 saturated heterocycles. The average molecular weight is 452 g/mol. The smallest absolute Gasteiger partial charge is 0.275 e. The lowest BCUT2D eigenvalue weighted by Gasteiger charge is -2.26. The first-order valence-electron chi connectivity index (χ1n) is 10.8. The van der Waals surface area contributed by atoms with Crippen LogP contribution in [0.5, 0.6) is 5.75 Å². The van der Waals surface area contributed by atoms with Crippen LogP contribution in [0.4, 0.5) is 0 Å². The molecule has 0 radical (unpaired) electrons. The van der Waals surface area contributed by atoms with Crippen molar-refractivity contribution in [2.75, 3.05) is 33.3 Å². The minimum Gasteiger partial charge on any atom is -0.497 e. The Hall–Kier alpha value is -2.97. The quantitative estimate of drug-likeness (QED) is 0.610. The summed E-state index contributed by atoms with van der Waals surface area (Å²) in [6, 6.07) is 7.93. The molecule has 0 spiro atoms. The molecule has 1 fully saturated rings. The van der Waals surface area contributed by atoms with Crippen LogP contribution in [0.25, 0.3) is 22.5 Å². The maximum absolute atomic E-state index is 13.2. The van der Waals surface area contributed by atoms with Gasteiger partial charge >= 0.3 is 0 Å². The van der Waals surface area contributed by atoms with E-state index < -0.39 is 0 Å². The molecule has 1 aromatic carbocycles. The van der Waals surface area contributed by atoms with Crippen LogP contribution >= 0.6 is 11.3 Å². The number of methoxy groups -OCH3 is 1. The van der Waals surface area contributed by atoms with E-state index in [0.29, 0.717) is 24.7 Å². The largest absolute Gasteiger partial charge is 0.497 e. The molecule has 32 heavy (non-hydrogen) atoms. The molecule has 0 atom stereocenters. The van der Waals surface area contributed by atoms with E-state index in [2.05, 4.69) is 25.7 Å². The number of ether oxygens (including phenoxy) is 1. The Kier molecular flexibility index (Phi) is 6.43. The molecule has 8 heteroatoms. The van der Waals surface area contributed by atoms with Crippen molar-refractivity contribution in [1.82, 2.24) is 25.0 Å². The summed E-state index contributed by atoms with van der Waals surface area (Å²) in [5.41, 5.74) is 3.98. The van der Waals surface area contributed by atoms with Crippen LogP contribution in [0.1, 0.15) is 46.4 Å². The fourth-order valence-corrected chi connectivity index (χ4v) is 4.99. The normalized spacial score (nSPS) is 14.1.